The number of fused-ring (bicyclic) bond motifs is 1. The molecule has 3 amide bonds. The molecule has 0 aromatic heterocycles. The summed E-state index contributed by atoms with van der Waals surface area (Å²) in [5.74, 6) is 0.655. The third-order valence-electron chi connectivity index (χ3n) is 4.52. The molecular formula is C23H28ClN3O4. The highest BCUT2D eigenvalue weighted by atomic mass is 35.5. The van der Waals surface area contributed by atoms with Gasteiger partial charge in [-0.1, -0.05) is 11.6 Å². The molecule has 0 radical (unpaired) electrons. The van der Waals surface area contributed by atoms with Crippen LogP contribution in [0.4, 0.5) is 21.0 Å². The van der Waals surface area contributed by atoms with Gasteiger partial charge in [-0.15, -0.1) is 0 Å². The Bertz CT molecular complexity index is 968. The molecule has 3 N–H and O–H groups in total. The van der Waals surface area contributed by atoms with E-state index in [0.29, 0.717) is 28.6 Å². The standard InChI is InChI=1S/C23H28ClN3O4/c1-22(2,3)31-21(29)26-16-10-11-19-17(12-16)18(13-23(4,5)30-19)27-20(28)25-15-8-6-14(24)7-9-15/h6-12,18H,13H2,1-5H3,(H,26,29)(H2,25,27,28). The van der Waals surface area contributed by atoms with E-state index in [1.165, 1.54) is 0 Å². The van der Waals surface area contributed by atoms with Gasteiger partial charge in [-0.25, -0.2) is 9.59 Å². The number of rotatable bonds is 3. The average molecular weight is 446 g/mol. The number of ether oxygens (including phenoxy) is 2. The van der Waals surface area contributed by atoms with Crippen molar-refractivity contribution in [3.8, 4) is 5.75 Å². The van der Waals surface area contributed by atoms with Crippen LogP contribution in [0.25, 0.3) is 0 Å². The Balaban J connectivity index is 1.77. The van der Waals surface area contributed by atoms with Crippen molar-refractivity contribution in [1.82, 2.24) is 5.32 Å². The Morgan fingerprint density at radius 2 is 1.71 bits per heavy atom. The minimum Gasteiger partial charge on any atom is -0.487 e. The Morgan fingerprint density at radius 1 is 1.06 bits per heavy atom. The molecule has 0 aliphatic carbocycles. The molecule has 1 atom stereocenters. The zero-order valence-corrected chi connectivity index (χ0v) is 19.1. The van der Waals surface area contributed by atoms with Crippen molar-refractivity contribution < 1.29 is 19.1 Å². The predicted molar refractivity (Wildman–Crippen MR) is 122 cm³/mol. The van der Waals surface area contributed by atoms with E-state index in [4.69, 9.17) is 21.1 Å². The van der Waals surface area contributed by atoms with Crippen LogP contribution in [0.3, 0.4) is 0 Å². The van der Waals surface area contributed by atoms with E-state index in [0.717, 1.165) is 5.56 Å². The normalized spacial score (nSPS) is 17.0. The zero-order valence-electron chi connectivity index (χ0n) is 18.3. The number of carbonyl (C=O) groups excluding carboxylic acids is 2. The molecule has 1 aliphatic heterocycles. The van der Waals surface area contributed by atoms with Crippen molar-refractivity contribution >= 4 is 35.1 Å². The molecule has 7 nitrogen and oxygen atoms in total. The van der Waals surface area contributed by atoms with Crippen LogP contribution in [0.1, 0.15) is 52.6 Å². The minimum absolute atomic E-state index is 0.313. The maximum absolute atomic E-state index is 12.6. The van der Waals surface area contributed by atoms with Crippen molar-refractivity contribution in [2.75, 3.05) is 10.6 Å². The van der Waals surface area contributed by atoms with Gasteiger partial charge in [-0.3, -0.25) is 5.32 Å². The Labute approximate surface area is 187 Å². The number of carbonyl (C=O) groups is 2. The minimum atomic E-state index is -0.602. The zero-order chi connectivity index (χ0) is 22.8. The van der Waals surface area contributed by atoms with Crippen LogP contribution < -0.4 is 20.7 Å². The fourth-order valence-corrected chi connectivity index (χ4v) is 3.47. The second-order valence-corrected chi connectivity index (χ2v) is 9.54. The molecular weight excluding hydrogens is 418 g/mol. The molecule has 2 aromatic rings. The third kappa shape index (κ3) is 6.52. The predicted octanol–water partition coefficient (Wildman–Crippen LogP) is 6.11. The number of nitrogens with one attached hydrogen (secondary N) is 3. The highest BCUT2D eigenvalue weighted by Crippen LogP contribution is 2.40. The van der Waals surface area contributed by atoms with E-state index in [1.54, 1.807) is 63.2 Å². The van der Waals surface area contributed by atoms with E-state index in [2.05, 4.69) is 16.0 Å². The van der Waals surface area contributed by atoms with E-state index in [-0.39, 0.29) is 12.1 Å². The summed E-state index contributed by atoms with van der Waals surface area (Å²) in [5, 5.41) is 9.14. The van der Waals surface area contributed by atoms with Gasteiger partial charge in [0.1, 0.15) is 17.0 Å². The van der Waals surface area contributed by atoms with Crippen LogP contribution in [0.2, 0.25) is 5.02 Å². The van der Waals surface area contributed by atoms with E-state index in [1.807, 2.05) is 13.8 Å². The van der Waals surface area contributed by atoms with Crippen LogP contribution in [-0.4, -0.2) is 23.3 Å². The molecule has 3 rings (SSSR count). The molecule has 8 heteroatoms. The van der Waals surface area contributed by atoms with Gasteiger partial charge in [0.05, 0.1) is 6.04 Å². The molecule has 1 aliphatic rings. The molecule has 166 valence electrons. The lowest BCUT2D eigenvalue weighted by Crippen LogP contribution is -2.42. The average Bonchev–Trinajstić information content (AvgIpc) is 2.62. The van der Waals surface area contributed by atoms with Crippen molar-refractivity contribution in [1.29, 1.82) is 0 Å². The van der Waals surface area contributed by atoms with Gasteiger partial charge in [-0.2, -0.15) is 0 Å². The fraction of sp³-hybridized carbons (Fsp3) is 0.391. The summed E-state index contributed by atoms with van der Waals surface area (Å²) < 4.78 is 11.4. The maximum Gasteiger partial charge on any atom is 0.412 e. The quantitative estimate of drug-likeness (QED) is 0.531. The Morgan fingerprint density at radius 3 is 2.35 bits per heavy atom. The van der Waals surface area contributed by atoms with Gasteiger partial charge < -0.3 is 20.1 Å². The second-order valence-electron chi connectivity index (χ2n) is 9.10. The van der Waals surface area contributed by atoms with Crippen molar-refractivity contribution in [3.05, 3.63) is 53.1 Å². The first-order valence-electron chi connectivity index (χ1n) is 10.1. The second kappa shape index (κ2) is 8.67. The van der Waals surface area contributed by atoms with Crippen molar-refractivity contribution in [2.24, 2.45) is 0 Å². The van der Waals surface area contributed by atoms with Gasteiger partial charge in [0.15, 0.2) is 0 Å². The van der Waals surface area contributed by atoms with Crippen LogP contribution in [0.5, 0.6) is 5.75 Å². The first kappa shape index (κ1) is 22.7. The molecule has 1 heterocycles. The molecule has 0 spiro atoms. The van der Waals surface area contributed by atoms with Crippen LogP contribution in [0.15, 0.2) is 42.5 Å². The summed E-state index contributed by atoms with van der Waals surface area (Å²) in [6.07, 6.45) is 0.0127. The summed E-state index contributed by atoms with van der Waals surface area (Å²) in [5.41, 5.74) is 0.898. The van der Waals surface area contributed by atoms with Gasteiger partial charge in [0.2, 0.25) is 0 Å². The van der Waals surface area contributed by atoms with Crippen LogP contribution in [-0.2, 0) is 4.74 Å². The summed E-state index contributed by atoms with van der Waals surface area (Å²) in [6, 6.07) is 11.5. The lowest BCUT2D eigenvalue weighted by molar-refractivity contribution is 0.0631. The number of halogens is 1. The number of hydrogen-bond acceptors (Lipinski definition) is 4. The third-order valence-corrected chi connectivity index (χ3v) is 4.77. The summed E-state index contributed by atoms with van der Waals surface area (Å²) >= 11 is 5.90. The van der Waals surface area contributed by atoms with E-state index in [9.17, 15) is 9.59 Å². The number of amides is 3. The Kier molecular flexibility index (Phi) is 6.36. The monoisotopic (exact) mass is 445 g/mol. The molecule has 0 fully saturated rings. The number of anilines is 2. The SMILES string of the molecule is CC(C)(C)OC(=O)Nc1ccc2c(c1)C(NC(=O)Nc1ccc(Cl)cc1)CC(C)(C)O2. The molecule has 31 heavy (non-hydrogen) atoms. The Hall–Kier alpha value is -2.93. The van der Waals surface area contributed by atoms with Crippen molar-refractivity contribution in [3.63, 3.8) is 0 Å². The highest BCUT2D eigenvalue weighted by Gasteiger charge is 2.35. The molecule has 0 saturated carbocycles. The lowest BCUT2D eigenvalue weighted by Gasteiger charge is -2.38. The van der Waals surface area contributed by atoms with Gasteiger partial charge in [-0.05, 0) is 77.1 Å². The molecule has 1 unspecified atom stereocenters. The first-order chi connectivity index (χ1) is 14.4. The lowest BCUT2D eigenvalue weighted by atomic mass is 9.89. The van der Waals surface area contributed by atoms with Gasteiger partial charge in [0.25, 0.3) is 0 Å². The smallest absolute Gasteiger partial charge is 0.412 e. The summed E-state index contributed by atoms with van der Waals surface area (Å²) in [7, 11) is 0. The number of urea groups is 1. The van der Waals surface area contributed by atoms with E-state index >= 15 is 0 Å². The summed E-state index contributed by atoms with van der Waals surface area (Å²) in [6.45, 7) is 9.33. The molecule has 0 saturated heterocycles. The maximum atomic E-state index is 12.6. The van der Waals surface area contributed by atoms with Crippen LogP contribution >= 0.6 is 11.6 Å². The topological polar surface area (TPSA) is 88.7 Å². The highest BCUT2D eigenvalue weighted by molar-refractivity contribution is 6.30. The largest absolute Gasteiger partial charge is 0.487 e. The number of benzene rings is 2. The van der Waals surface area contributed by atoms with Crippen molar-refractivity contribution in [2.45, 2.75) is 58.3 Å². The summed E-state index contributed by atoms with van der Waals surface area (Å²) in [4.78, 5) is 24.8. The van der Waals surface area contributed by atoms with E-state index < -0.39 is 17.3 Å². The molecule has 2 aromatic carbocycles. The molecule has 0 bridgehead atoms. The van der Waals surface area contributed by atoms with Gasteiger partial charge in [0, 0.05) is 28.4 Å². The first-order valence-corrected chi connectivity index (χ1v) is 10.4. The fourth-order valence-electron chi connectivity index (χ4n) is 3.34. The van der Waals surface area contributed by atoms with Gasteiger partial charge >= 0.3 is 12.1 Å². The number of hydrogen-bond donors (Lipinski definition) is 3. The van der Waals surface area contributed by atoms with Crippen LogP contribution in [0, 0.1) is 0 Å².